The van der Waals surface area contributed by atoms with Crippen molar-refractivity contribution in [1.29, 1.82) is 0 Å². The predicted octanol–water partition coefficient (Wildman–Crippen LogP) is 1.73. The number of carbonyl (C=O) groups is 2. The molecular formula is C23H28N4O3. The van der Waals surface area contributed by atoms with Crippen LogP contribution in [0.25, 0.3) is 0 Å². The molecule has 2 atom stereocenters. The number of hydrogen-bond donors (Lipinski definition) is 1. The standard InChI is InChI=1S/C23H28N4O3/c1-26(2)22(29)20-14-27(13-16-5-4-10-24-12-16)15-23(20)9-8-17-6-7-18(30-3)11-19(17)21(28)25-23/h4-7,10-12,20H,8-9,13-15H2,1-3H3,(H,25,28)/t20-,23+/m1/s1. The Hall–Kier alpha value is -2.93. The summed E-state index contributed by atoms with van der Waals surface area (Å²) in [6.07, 6.45) is 5.05. The van der Waals surface area contributed by atoms with E-state index in [0.29, 0.717) is 37.4 Å². The number of likely N-dealkylation sites (tertiary alicyclic amines) is 1. The second-order valence-corrected chi connectivity index (χ2v) is 8.45. The smallest absolute Gasteiger partial charge is 0.252 e. The molecule has 3 heterocycles. The first kappa shape index (κ1) is 20.3. The van der Waals surface area contributed by atoms with Crippen molar-refractivity contribution in [2.75, 3.05) is 34.3 Å². The molecule has 0 saturated carbocycles. The van der Waals surface area contributed by atoms with Crippen LogP contribution in [0, 0.1) is 5.92 Å². The molecule has 0 radical (unpaired) electrons. The Bertz CT molecular complexity index is 947. The highest BCUT2D eigenvalue weighted by Gasteiger charge is 2.52. The average molecular weight is 409 g/mol. The maximum absolute atomic E-state index is 13.2. The number of nitrogens with zero attached hydrogens (tertiary/aromatic N) is 3. The highest BCUT2D eigenvalue weighted by molar-refractivity contribution is 5.97. The van der Waals surface area contributed by atoms with E-state index < -0.39 is 5.54 Å². The van der Waals surface area contributed by atoms with Gasteiger partial charge in [-0.15, -0.1) is 0 Å². The van der Waals surface area contributed by atoms with Crippen LogP contribution in [0.15, 0.2) is 42.7 Å². The number of ether oxygens (including phenoxy) is 1. The van der Waals surface area contributed by atoms with E-state index in [9.17, 15) is 9.59 Å². The van der Waals surface area contributed by atoms with Gasteiger partial charge in [0.25, 0.3) is 5.91 Å². The second kappa shape index (κ2) is 8.07. The molecule has 7 nitrogen and oxygen atoms in total. The predicted molar refractivity (Wildman–Crippen MR) is 113 cm³/mol. The Kier molecular flexibility index (Phi) is 5.47. The third-order valence-corrected chi connectivity index (χ3v) is 6.25. The Morgan fingerprint density at radius 2 is 2.20 bits per heavy atom. The fourth-order valence-corrected chi connectivity index (χ4v) is 4.71. The highest BCUT2D eigenvalue weighted by atomic mass is 16.5. The number of nitrogens with one attached hydrogen (secondary N) is 1. The molecule has 2 aromatic rings. The van der Waals surface area contributed by atoms with E-state index in [4.69, 9.17) is 4.74 Å². The van der Waals surface area contributed by atoms with Gasteiger partial charge in [0.1, 0.15) is 5.75 Å². The largest absolute Gasteiger partial charge is 0.497 e. The van der Waals surface area contributed by atoms with Gasteiger partial charge >= 0.3 is 0 Å². The Balaban J connectivity index is 1.65. The molecule has 158 valence electrons. The molecule has 1 spiro atoms. The first-order valence-corrected chi connectivity index (χ1v) is 10.2. The molecule has 1 aromatic carbocycles. The molecule has 0 aliphatic carbocycles. The van der Waals surface area contributed by atoms with E-state index in [0.717, 1.165) is 17.5 Å². The fourth-order valence-electron chi connectivity index (χ4n) is 4.71. The topological polar surface area (TPSA) is 74.8 Å². The monoisotopic (exact) mass is 408 g/mol. The lowest BCUT2D eigenvalue weighted by Gasteiger charge is -2.35. The van der Waals surface area contributed by atoms with Crippen molar-refractivity contribution >= 4 is 11.8 Å². The lowest BCUT2D eigenvalue weighted by molar-refractivity contribution is -0.134. The molecule has 4 rings (SSSR count). The maximum atomic E-state index is 13.2. The third kappa shape index (κ3) is 3.77. The minimum atomic E-state index is -0.604. The number of hydrogen-bond acceptors (Lipinski definition) is 5. The van der Waals surface area contributed by atoms with Crippen LogP contribution >= 0.6 is 0 Å². The van der Waals surface area contributed by atoms with E-state index >= 15 is 0 Å². The summed E-state index contributed by atoms with van der Waals surface area (Å²) in [6.45, 7) is 1.93. The van der Waals surface area contributed by atoms with Crippen molar-refractivity contribution in [2.45, 2.75) is 24.9 Å². The van der Waals surface area contributed by atoms with Gasteiger partial charge in [-0.1, -0.05) is 12.1 Å². The SMILES string of the molecule is COc1ccc2c(c1)C(=O)N[C@@]1(CC2)CN(Cc2cccnc2)C[C@@H]1C(=O)N(C)C. The van der Waals surface area contributed by atoms with Crippen molar-refractivity contribution in [3.63, 3.8) is 0 Å². The van der Waals surface area contributed by atoms with Gasteiger partial charge in [-0.3, -0.25) is 19.5 Å². The lowest BCUT2D eigenvalue weighted by atomic mass is 9.81. The van der Waals surface area contributed by atoms with E-state index in [1.807, 2.05) is 30.5 Å². The van der Waals surface area contributed by atoms with Crippen molar-refractivity contribution in [1.82, 2.24) is 20.1 Å². The van der Waals surface area contributed by atoms with E-state index in [1.165, 1.54) is 0 Å². The molecule has 1 fully saturated rings. The molecule has 1 saturated heterocycles. The summed E-state index contributed by atoms with van der Waals surface area (Å²) in [4.78, 5) is 34.4. The molecule has 2 aliphatic rings. The second-order valence-electron chi connectivity index (χ2n) is 8.45. The summed E-state index contributed by atoms with van der Waals surface area (Å²) >= 11 is 0. The lowest BCUT2D eigenvalue weighted by Crippen LogP contribution is -2.57. The summed E-state index contributed by atoms with van der Waals surface area (Å²) in [6, 6.07) is 9.58. The zero-order valence-corrected chi connectivity index (χ0v) is 17.7. The van der Waals surface area contributed by atoms with Crippen molar-refractivity contribution in [3.05, 3.63) is 59.4 Å². The molecule has 2 amide bonds. The van der Waals surface area contributed by atoms with Crippen LogP contribution in [0.1, 0.15) is 27.9 Å². The average Bonchev–Trinajstić information content (AvgIpc) is 3.02. The van der Waals surface area contributed by atoms with Crippen LogP contribution in [-0.2, 0) is 17.8 Å². The van der Waals surface area contributed by atoms with Gasteiger partial charge in [0.05, 0.1) is 18.6 Å². The number of benzene rings is 1. The van der Waals surface area contributed by atoms with Gasteiger partial charge in [-0.25, -0.2) is 0 Å². The minimum Gasteiger partial charge on any atom is -0.497 e. The number of fused-ring (bicyclic) bond motifs is 1. The van der Waals surface area contributed by atoms with Gasteiger partial charge in [0, 0.05) is 51.7 Å². The normalized spacial score (nSPS) is 23.6. The molecule has 1 N–H and O–H groups in total. The highest BCUT2D eigenvalue weighted by Crippen LogP contribution is 2.37. The molecule has 2 aliphatic heterocycles. The zero-order chi connectivity index (χ0) is 21.3. The molecule has 1 aromatic heterocycles. The Morgan fingerprint density at radius 3 is 2.90 bits per heavy atom. The van der Waals surface area contributed by atoms with Gasteiger partial charge < -0.3 is 15.0 Å². The third-order valence-electron chi connectivity index (χ3n) is 6.25. The summed E-state index contributed by atoms with van der Waals surface area (Å²) in [5.41, 5.74) is 2.12. The van der Waals surface area contributed by atoms with Crippen LogP contribution < -0.4 is 10.1 Å². The van der Waals surface area contributed by atoms with Crippen LogP contribution in [0.2, 0.25) is 0 Å². The molecule has 0 bridgehead atoms. The fraction of sp³-hybridized carbons (Fsp3) is 0.435. The van der Waals surface area contributed by atoms with Gasteiger partial charge in [0.2, 0.25) is 5.91 Å². The van der Waals surface area contributed by atoms with Gasteiger partial charge in [-0.2, -0.15) is 0 Å². The number of pyridine rings is 1. The van der Waals surface area contributed by atoms with Crippen LogP contribution in [0.4, 0.5) is 0 Å². The first-order chi connectivity index (χ1) is 14.4. The number of aromatic nitrogens is 1. The molecule has 7 heteroatoms. The number of amides is 2. The number of methoxy groups -OCH3 is 1. The van der Waals surface area contributed by atoms with Gasteiger partial charge in [-0.05, 0) is 42.2 Å². The molecule has 0 unspecified atom stereocenters. The van der Waals surface area contributed by atoms with Crippen LogP contribution in [0.5, 0.6) is 5.75 Å². The quantitative estimate of drug-likeness (QED) is 0.834. The first-order valence-electron chi connectivity index (χ1n) is 10.2. The van der Waals surface area contributed by atoms with E-state index in [2.05, 4.69) is 15.2 Å². The number of aryl methyl sites for hydroxylation is 1. The summed E-state index contributed by atoms with van der Waals surface area (Å²) in [7, 11) is 5.15. The van der Waals surface area contributed by atoms with Crippen LogP contribution in [0.3, 0.4) is 0 Å². The van der Waals surface area contributed by atoms with Crippen molar-refractivity contribution in [3.8, 4) is 5.75 Å². The van der Waals surface area contributed by atoms with E-state index in [-0.39, 0.29) is 17.7 Å². The Labute approximate surface area is 177 Å². The summed E-state index contributed by atoms with van der Waals surface area (Å²) in [5.74, 6) is 0.267. The van der Waals surface area contributed by atoms with Crippen LogP contribution in [-0.4, -0.2) is 66.4 Å². The maximum Gasteiger partial charge on any atom is 0.252 e. The van der Waals surface area contributed by atoms with E-state index in [1.54, 1.807) is 38.4 Å². The van der Waals surface area contributed by atoms with Crippen molar-refractivity contribution in [2.24, 2.45) is 5.92 Å². The van der Waals surface area contributed by atoms with Crippen molar-refractivity contribution < 1.29 is 14.3 Å². The molecular weight excluding hydrogens is 380 g/mol. The van der Waals surface area contributed by atoms with Gasteiger partial charge in [0.15, 0.2) is 0 Å². The summed E-state index contributed by atoms with van der Waals surface area (Å²) in [5, 5.41) is 3.26. The number of carbonyl (C=O) groups excluding carboxylic acids is 2. The zero-order valence-electron chi connectivity index (χ0n) is 17.7. The molecule has 30 heavy (non-hydrogen) atoms. The number of rotatable bonds is 4. The minimum absolute atomic E-state index is 0.0486. The summed E-state index contributed by atoms with van der Waals surface area (Å²) < 4.78 is 5.31. The Morgan fingerprint density at radius 1 is 1.37 bits per heavy atom.